The van der Waals surface area contributed by atoms with Crippen molar-refractivity contribution in [2.75, 3.05) is 6.26 Å². The topological polar surface area (TPSA) is 72.2 Å². The van der Waals surface area contributed by atoms with Gasteiger partial charge in [-0.3, -0.25) is 9.59 Å². The second kappa shape index (κ2) is 9.77. The zero-order valence-corrected chi connectivity index (χ0v) is 18.0. The standard InChI is InChI=1S/C23H25F3N2O2S/c1-31-17-10-7-14(8-11-17)20(22(30)28-16-5-3-2-4-6-16)18-12-9-15(21(27)29)13-19(18)23(24,25)26/h7-13,16,20H,2-6H2,1H3,(H2,27,29)(H,28,30). The number of carbonyl (C=O) groups is 2. The number of halogens is 3. The summed E-state index contributed by atoms with van der Waals surface area (Å²) in [7, 11) is 0. The zero-order chi connectivity index (χ0) is 22.6. The van der Waals surface area contributed by atoms with Gasteiger partial charge in [-0.15, -0.1) is 11.8 Å². The van der Waals surface area contributed by atoms with Crippen molar-refractivity contribution >= 4 is 23.6 Å². The Hall–Kier alpha value is -2.48. The molecule has 1 aliphatic carbocycles. The van der Waals surface area contributed by atoms with Gasteiger partial charge in [0.2, 0.25) is 11.8 Å². The first-order chi connectivity index (χ1) is 14.7. The molecule has 2 aromatic carbocycles. The molecule has 0 aliphatic heterocycles. The van der Waals surface area contributed by atoms with Crippen LogP contribution in [0.3, 0.4) is 0 Å². The van der Waals surface area contributed by atoms with Gasteiger partial charge in [0.15, 0.2) is 0 Å². The maximum atomic E-state index is 13.9. The predicted molar refractivity (Wildman–Crippen MR) is 115 cm³/mol. The van der Waals surface area contributed by atoms with Crippen molar-refractivity contribution in [3.05, 3.63) is 64.7 Å². The molecule has 1 unspecified atom stereocenters. The highest BCUT2D eigenvalue weighted by Crippen LogP contribution is 2.39. The zero-order valence-electron chi connectivity index (χ0n) is 17.2. The number of hydrogen-bond acceptors (Lipinski definition) is 3. The molecule has 1 aliphatic rings. The summed E-state index contributed by atoms with van der Waals surface area (Å²) < 4.78 is 41.8. The first-order valence-corrected chi connectivity index (χ1v) is 11.4. The van der Waals surface area contributed by atoms with E-state index >= 15 is 0 Å². The minimum atomic E-state index is -4.75. The number of benzene rings is 2. The van der Waals surface area contributed by atoms with Gasteiger partial charge in [0.05, 0.1) is 11.5 Å². The monoisotopic (exact) mass is 450 g/mol. The summed E-state index contributed by atoms with van der Waals surface area (Å²) in [6, 6.07) is 10.0. The molecule has 0 bridgehead atoms. The highest BCUT2D eigenvalue weighted by molar-refractivity contribution is 7.98. The normalized spacial score (nSPS) is 16.0. The van der Waals surface area contributed by atoms with Gasteiger partial charge < -0.3 is 11.1 Å². The summed E-state index contributed by atoms with van der Waals surface area (Å²) in [6.45, 7) is 0. The largest absolute Gasteiger partial charge is 0.416 e. The van der Waals surface area contributed by atoms with E-state index in [1.165, 1.54) is 23.9 Å². The molecule has 166 valence electrons. The van der Waals surface area contributed by atoms with Crippen LogP contribution in [0.5, 0.6) is 0 Å². The lowest BCUT2D eigenvalue weighted by molar-refractivity contribution is -0.138. The van der Waals surface area contributed by atoms with Gasteiger partial charge in [-0.2, -0.15) is 13.2 Å². The van der Waals surface area contributed by atoms with Crippen LogP contribution in [0.15, 0.2) is 47.4 Å². The van der Waals surface area contributed by atoms with Crippen molar-refractivity contribution in [2.45, 2.75) is 55.1 Å². The van der Waals surface area contributed by atoms with Crippen LogP contribution in [0.25, 0.3) is 0 Å². The van der Waals surface area contributed by atoms with Crippen LogP contribution in [0, 0.1) is 0 Å². The fourth-order valence-corrected chi connectivity index (χ4v) is 4.41. The SMILES string of the molecule is CSc1ccc(C(C(=O)NC2CCCCC2)c2ccc(C(N)=O)cc2C(F)(F)F)cc1. The quantitative estimate of drug-likeness (QED) is 0.601. The van der Waals surface area contributed by atoms with Crippen LogP contribution in [-0.2, 0) is 11.0 Å². The smallest absolute Gasteiger partial charge is 0.366 e. The third kappa shape index (κ3) is 5.61. The molecule has 8 heteroatoms. The first kappa shape index (κ1) is 23.2. The van der Waals surface area contributed by atoms with Gasteiger partial charge in [0, 0.05) is 16.5 Å². The number of primary amides is 1. The number of nitrogens with two attached hydrogens (primary N) is 1. The second-order valence-electron chi connectivity index (χ2n) is 7.71. The lowest BCUT2D eigenvalue weighted by Gasteiger charge is -2.27. The van der Waals surface area contributed by atoms with E-state index in [-0.39, 0.29) is 17.2 Å². The maximum absolute atomic E-state index is 13.9. The van der Waals surface area contributed by atoms with Gasteiger partial charge in [-0.25, -0.2) is 0 Å². The summed E-state index contributed by atoms with van der Waals surface area (Å²) >= 11 is 1.50. The molecule has 1 saturated carbocycles. The lowest BCUT2D eigenvalue weighted by Crippen LogP contribution is -2.40. The maximum Gasteiger partial charge on any atom is 0.416 e. The Labute approximate surface area is 183 Å². The molecular weight excluding hydrogens is 425 g/mol. The Bertz CT molecular complexity index is 939. The van der Waals surface area contributed by atoms with Crippen molar-refractivity contribution in [1.29, 1.82) is 0 Å². The second-order valence-corrected chi connectivity index (χ2v) is 8.59. The molecule has 0 saturated heterocycles. The van der Waals surface area contributed by atoms with Crippen molar-refractivity contribution in [2.24, 2.45) is 5.73 Å². The third-order valence-corrected chi connectivity index (χ3v) is 6.36. The van der Waals surface area contributed by atoms with Crippen LogP contribution in [0.2, 0.25) is 0 Å². The third-order valence-electron chi connectivity index (χ3n) is 5.62. The summed E-state index contributed by atoms with van der Waals surface area (Å²) in [6.07, 6.45) is 1.85. The molecule has 0 radical (unpaired) electrons. The fraction of sp³-hybridized carbons (Fsp3) is 0.391. The number of rotatable bonds is 6. The van der Waals surface area contributed by atoms with Crippen LogP contribution >= 0.6 is 11.8 Å². The molecule has 4 nitrogen and oxygen atoms in total. The van der Waals surface area contributed by atoms with E-state index in [0.717, 1.165) is 43.1 Å². The molecule has 2 amide bonds. The number of nitrogens with one attached hydrogen (secondary N) is 1. The molecule has 0 heterocycles. The molecule has 1 fully saturated rings. The van der Waals surface area contributed by atoms with E-state index in [1.54, 1.807) is 24.3 Å². The van der Waals surface area contributed by atoms with E-state index in [1.807, 2.05) is 6.26 Å². The summed E-state index contributed by atoms with van der Waals surface area (Å²) in [5.41, 5.74) is 4.18. The van der Waals surface area contributed by atoms with E-state index < -0.39 is 29.5 Å². The van der Waals surface area contributed by atoms with Crippen molar-refractivity contribution in [3.63, 3.8) is 0 Å². The fourth-order valence-electron chi connectivity index (χ4n) is 4.01. The molecule has 0 spiro atoms. The summed E-state index contributed by atoms with van der Waals surface area (Å²) in [4.78, 5) is 25.7. The summed E-state index contributed by atoms with van der Waals surface area (Å²) in [5, 5.41) is 2.96. The average molecular weight is 451 g/mol. The Morgan fingerprint density at radius 2 is 1.71 bits per heavy atom. The van der Waals surface area contributed by atoms with Gasteiger partial charge in [-0.1, -0.05) is 37.5 Å². The van der Waals surface area contributed by atoms with Crippen LogP contribution < -0.4 is 11.1 Å². The molecule has 2 aromatic rings. The summed E-state index contributed by atoms with van der Waals surface area (Å²) in [5.74, 6) is -2.58. The van der Waals surface area contributed by atoms with Crippen LogP contribution in [-0.4, -0.2) is 24.1 Å². The van der Waals surface area contributed by atoms with Crippen molar-refractivity contribution in [1.82, 2.24) is 5.32 Å². The Morgan fingerprint density at radius 3 is 2.26 bits per heavy atom. The molecule has 1 atom stereocenters. The molecule has 3 rings (SSSR count). The molecule has 31 heavy (non-hydrogen) atoms. The van der Waals surface area contributed by atoms with Crippen LogP contribution in [0.4, 0.5) is 13.2 Å². The number of amides is 2. The number of thioether (sulfide) groups is 1. The molecule has 0 aromatic heterocycles. The van der Waals surface area contributed by atoms with E-state index in [2.05, 4.69) is 5.32 Å². The van der Waals surface area contributed by atoms with E-state index in [4.69, 9.17) is 5.73 Å². The van der Waals surface area contributed by atoms with Crippen LogP contribution in [0.1, 0.15) is 65.1 Å². The number of hydrogen-bond donors (Lipinski definition) is 2. The lowest BCUT2D eigenvalue weighted by atomic mass is 9.85. The van der Waals surface area contributed by atoms with Gasteiger partial charge in [0.25, 0.3) is 0 Å². The van der Waals surface area contributed by atoms with Gasteiger partial charge >= 0.3 is 6.18 Å². The Balaban J connectivity index is 2.08. The first-order valence-electron chi connectivity index (χ1n) is 10.2. The predicted octanol–water partition coefficient (Wildman–Crippen LogP) is 5.11. The van der Waals surface area contributed by atoms with Gasteiger partial charge in [0.1, 0.15) is 0 Å². The molecule has 3 N–H and O–H groups in total. The highest BCUT2D eigenvalue weighted by Gasteiger charge is 2.38. The van der Waals surface area contributed by atoms with E-state index in [0.29, 0.717) is 5.56 Å². The minimum Gasteiger partial charge on any atom is -0.366 e. The average Bonchev–Trinajstić information content (AvgIpc) is 2.74. The Kier molecular flexibility index (Phi) is 7.30. The van der Waals surface area contributed by atoms with Gasteiger partial charge in [-0.05, 0) is 54.5 Å². The van der Waals surface area contributed by atoms with Crippen molar-refractivity contribution < 1.29 is 22.8 Å². The van der Waals surface area contributed by atoms with E-state index in [9.17, 15) is 22.8 Å². The molecular formula is C23H25F3N2O2S. The minimum absolute atomic E-state index is 0.0477. The number of alkyl halides is 3. The number of carbonyl (C=O) groups excluding carboxylic acids is 2. The van der Waals surface area contributed by atoms with Crippen molar-refractivity contribution in [3.8, 4) is 0 Å². The Morgan fingerprint density at radius 1 is 1.06 bits per heavy atom. The highest BCUT2D eigenvalue weighted by atomic mass is 32.2.